The zero-order chi connectivity index (χ0) is 12.8. The predicted octanol–water partition coefficient (Wildman–Crippen LogP) is 1.90. The number of nitrogens with two attached hydrogens (primary N) is 1. The van der Waals surface area contributed by atoms with E-state index in [4.69, 9.17) is 5.73 Å². The molecule has 0 atom stereocenters. The monoisotopic (exact) mass is 246 g/mol. The fraction of sp³-hybridized carbons (Fsp3) is 0.500. The number of anilines is 1. The molecule has 3 N–H and O–H groups in total. The van der Waals surface area contributed by atoms with E-state index < -0.39 is 0 Å². The molecule has 2 rings (SSSR count). The Labute approximate surface area is 109 Å². The average molecular weight is 246 g/mol. The van der Waals surface area contributed by atoms with Crippen molar-refractivity contribution in [3.63, 3.8) is 0 Å². The summed E-state index contributed by atoms with van der Waals surface area (Å²) in [7, 11) is 2.03. The summed E-state index contributed by atoms with van der Waals surface area (Å²) in [4.78, 5) is 6.48. The highest BCUT2D eigenvalue weighted by molar-refractivity contribution is 5.78. The van der Waals surface area contributed by atoms with Crippen LogP contribution in [0.4, 0.5) is 5.69 Å². The SMILES string of the molecule is CN(C(N)=NCCCNc1ccccc1)C1CC1. The van der Waals surface area contributed by atoms with Crippen LogP contribution in [0, 0.1) is 0 Å². The van der Waals surface area contributed by atoms with Crippen LogP contribution in [0.3, 0.4) is 0 Å². The Morgan fingerprint density at radius 2 is 2.11 bits per heavy atom. The van der Waals surface area contributed by atoms with Gasteiger partial charge in [-0.05, 0) is 31.4 Å². The lowest BCUT2D eigenvalue weighted by atomic mass is 10.3. The Bertz CT molecular complexity index is 384. The summed E-state index contributed by atoms with van der Waals surface area (Å²) in [6.07, 6.45) is 3.50. The molecule has 1 aromatic rings. The molecule has 0 heterocycles. The van der Waals surface area contributed by atoms with E-state index in [1.165, 1.54) is 12.8 Å². The maximum absolute atomic E-state index is 5.91. The second kappa shape index (κ2) is 6.28. The first-order valence-electron chi connectivity index (χ1n) is 6.59. The zero-order valence-electron chi connectivity index (χ0n) is 11.0. The van der Waals surface area contributed by atoms with Crippen LogP contribution >= 0.6 is 0 Å². The minimum Gasteiger partial charge on any atom is -0.385 e. The van der Waals surface area contributed by atoms with Gasteiger partial charge in [-0.15, -0.1) is 0 Å². The highest BCUT2D eigenvalue weighted by Crippen LogP contribution is 2.24. The topological polar surface area (TPSA) is 53.6 Å². The van der Waals surface area contributed by atoms with Crippen LogP contribution in [0.25, 0.3) is 0 Å². The number of nitrogens with zero attached hydrogens (tertiary/aromatic N) is 2. The molecule has 18 heavy (non-hydrogen) atoms. The maximum Gasteiger partial charge on any atom is 0.191 e. The molecule has 1 aliphatic rings. The number of hydrogen-bond acceptors (Lipinski definition) is 2. The third-order valence-electron chi connectivity index (χ3n) is 3.17. The van der Waals surface area contributed by atoms with Gasteiger partial charge in [-0.25, -0.2) is 0 Å². The molecular weight excluding hydrogens is 224 g/mol. The molecule has 4 heteroatoms. The van der Waals surface area contributed by atoms with Gasteiger partial charge in [0.15, 0.2) is 5.96 Å². The first kappa shape index (κ1) is 12.7. The highest BCUT2D eigenvalue weighted by Gasteiger charge is 2.27. The first-order chi connectivity index (χ1) is 8.77. The van der Waals surface area contributed by atoms with Crippen molar-refractivity contribution in [3.05, 3.63) is 30.3 Å². The smallest absolute Gasteiger partial charge is 0.191 e. The summed E-state index contributed by atoms with van der Waals surface area (Å²) >= 11 is 0. The molecule has 1 saturated carbocycles. The van der Waals surface area contributed by atoms with Crippen LogP contribution in [-0.4, -0.2) is 37.0 Å². The molecule has 0 spiro atoms. The lowest BCUT2D eigenvalue weighted by Crippen LogP contribution is -2.35. The number of aliphatic imine (C=N–C) groups is 1. The fourth-order valence-corrected chi connectivity index (χ4v) is 1.82. The largest absolute Gasteiger partial charge is 0.385 e. The molecule has 1 aromatic carbocycles. The lowest BCUT2D eigenvalue weighted by molar-refractivity contribution is 0.487. The molecule has 0 bridgehead atoms. The lowest BCUT2D eigenvalue weighted by Gasteiger charge is -2.16. The second-order valence-electron chi connectivity index (χ2n) is 4.73. The number of nitrogens with one attached hydrogen (secondary N) is 1. The van der Waals surface area contributed by atoms with Gasteiger partial charge in [0.25, 0.3) is 0 Å². The van der Waals surface area contributed by atoms with Crippen molar-refractivity contribution in [1.82, 2.24) is 4.90 Å². The molecule has 0 saturated heterocycles. The fourth-order valence-electron chi connectivity index (χ4n) is 1.82. The average Bonchev–Trinajstić information content (AvgIpc) is 3.23. The molecule has 98 valence electrons. The predicted molar refractivity (Wildman–Crippen MR) is 76.8 cm³/mol. The van der Waals surface area contributed by atoms with E-state index in [-0.39, 0.29) is 0 Å². The summed E-state index contributed by atoms with van der Waals surface area (Å²) in [6.45, 7) is 1.71. The van der Waals surface area contributed by atoms with Gasteiger partial charge in [0.1, 0.15) is 0 Å². The molecule has 0 aromatic heterocycles. The van der Waals surface area contributed by atoms with Gasteiger partial charge in [-0.1, -0.05) is 18.2 Å². The number of para-hydroxylation sites is 1. The maximum atomic E-state index is 5.91. The van der Waals surface area contributed by atoms with Gasteiger partial charge >= 0.3 is 0 Å². The van der Waals surface area contributed by atoms with Gasteiger partial charge < -0.3 is 16.0 Å². The van der Waals surface area contributed by atoms with Crippen molar-refractivity contribution in [2.75, 3.05) is 25.5 Å². The van der Waals surface area contributed by atoms with Gasteiger partial charge in [-0.2, -0.15) is 0 Å². The van der Waals surface area contributed by atoms with Gasteiger partial charge in [0, 0.05) is 31.9 Å². The first-order valence-corrected chi connectivity index (χ1v) is 6.59. The Morgan fingerprint density at radius 3 is 2.78 bits per heavy atom. The van der Waals surface area contributed by atoms with E-state index in [0.29, 0.717) is 12.0 Å². The van der Waals surface area contributed by atoms with Crippen molar-refractivity contribution >= 4 is 11.6 Å². The summed E-state index contributed by atoms with van der Waals surface area (Å²) < 4.78 is 0. The van der Waals surface area contributed by atoms with E-state index in [1.807, 2.05) is 25.2 Å². The number of hydrogen-bond donors (Lipinski definition) is 2. The summed E-state index contributed by atoms with van der Waals surface area (Å²) in [5.41, 5.74) is 7.06. The third kappa shape index (κ3) is 3.95. The Morgan fingerprint density at radius 1 is 1.39 bits per heavy atom. The van der Waals surface area contributed by atoms with Crippen LogP contribution in [0.15, 0.2) is 35.3 Å². The number of benzene rings is 1. The van der Waals surface area contributed by atoms with E-state index in [2.05, 4.69) is 27.3 Å². The molecule has 0 amide bonds. The van der Waals surface area contributed by atoms with Crippen molar-refractivity contribution in [1.29, 1.82) is 0 Å². The van der Waals surface area contributed by atoms with Crippen molar-refractivity contribution in [2.24, 2.45) is 10.7 Å². The van der Waals surface area contributed by atoms with E-state index >= 15 is 0 Å². The van der Waals surface area contributed by atoms with Gasteiger partial charge in [0.05, 0.1) is 0 Å². The minimum atomic E-state index is 0.635. The standard InChI is InChI=1S/C14H22N4/c1-18(13-8-9-13)14(15)17-11-5-10-16-12-6-3-2-4-7-12/h2-4,6-7,13,16H,5,8-11H2,1H3,(H2,15,17). The van der Waals surface area contributed by atoms with Crippen molar-refractivity contribution < 1.29 is 0 Å². The molecule has 4 nitrogen and oxygen atoms in total. The molecule has 1 fully saturated rings. The van der Waals surface area contributed by atoms with E-state index in [1.54, 1.807) is 0 Å². The van der Waals surface area contributed by atoms with Crippen LogP contribution in [0.2, 0.25) is 0 Å². The summed E-state index contributed by atoms with van der Waals surface area (Å²) in [5.74, 6) is 0.678. The molecule has 0 aliphatic heterocycles. The third-order valence-corrected chi connectivity index (χ3v) is 3.17. The number of guanidine groups is 1. The van der Waals surface area contributed by atoms with E-state index in [9.17, 15) is 0 Å². The van der Waals surface area contributed by atoms with Gasteiger partial charge in [0.2, 0.25) is 0 Å². The molecule has 0 radical (unpaired) electrons. The van der Waals surface area contributed by atoms with Crippen LogP contribution in [0.5, 0.6) is 0 Å². The second-order valence-corrected chi connectivity index (χ2v) is 4.73. The van der Waals surface area contributed by atoms with Crippen molar-refractivity contribution in [2.45, 2.75) is 25.3 Å². The van der Waals surface area contributed by atoms with Crippen LogP contribution in [0.1, 0.15) is 19.3 Å². The quantitative estimate of drug-likeness (QED) is 0.458. The molecule has 1 aliphatic carbocycles. The summed E-state index contributed by atoms with van der Waals surface area (Å²) in [6, 6.07) is 10.9. The molecule has 0 unspecified atom stereocenters. The Hall–Kier alpha value is -1.71. The van der Waals surface area contributed by atoms with Crippen LogP contribution < -0.4 is 11.1 Å². The normalized spacial score (nSPS) is 15.5. The number of rotatable bonds is 6. The van der Waals surface area contributed by atoms with E-state index in [0.717, 1.165) is 25.2 Å². The molecular formula is C14H22N4. The Kier molecular flexibility index (Phi) is 4.45. The Balaban J connectivity index is 1.62. The zero-order valence-corrected chi connectivity index (χ0v) is 11.0. The highest BCUT2D eigenvalue weighted by atomic mass is 15.3. The van der Waals surface area contributed by atoms with Crippen molar-refractivity contribution in [3.8, 4) is 0 Å². The van der Waals surface area contributed by atoms with Crippen LogP contribution in [-0.2, 0) is 0 Å². The minimum absolute atomic E-state index is 0.635. The summed E-state index contributed by atoms with van der Waals surface area (Å²) in [5, 5.41) is 3.36. The van der Waals surface area contributed by atoms with Gasteiger partial charge in [-0.3, -0.25) is 4.99 Å².